The van der Waals surface area contributed by atoms with Gasteiger partial charge in [0, 0.05) is 11.4 Å². The van der Waals surface area contributed by atoms with E-state index in [1.165, 1.54) is 16.0 Å². The summed E-state index contributed by atoms with van der Waals surface area (Å²) in [6.07, 6.45) is 0.986. The molecule has 16 heavy (non-hydrogen) atoms. The summed E-state index contributed by atoms with van der Waals surface area (Å²) >= 11 is 1.60. The first-order valence-electron chi connectivity index (χ1n) is 5.60. The van der Waals surface area contributed by atoms with Gasteiger partial charge >= 0.3 is 0 Å². The third-order valence-electron chi connectivity index (χ3n) is 2.26. The van der Waals surface area contributed by atoms with Crippen LogP contribution in [0.2, 0.25) is 0 Å². The zero-order valence-corrected chi connectivity index (χ0v) is 11.0. The predicted octanol–water partition coefficient (Wildman–Crippen LogP) is 2.92. The van der Waals surface area contributed by atoms with Crippen LogP contribution in [0.1, 0.15) is 24.5 Å². The summed E-state index contributed by atoms with van der Waals surface area (Å²) in [7, 11) is 0. The van der Waals surface area contributed by atoms with Gasteiger partial charge in [-0.3, -0.25) is 4.79 Å². The fourth-order valence-electron chi connectivity index (χ4n) is 1.42. The van der Waals surface area contributed by atoms with Crippen LogP contribution in [0.5, 0.6) is 0 Å². The van der Waals surface area contributed by atoms with E-state index < -0.39 is 0 Å². The van der Waals surface area contributed by atoms with Gasteiger partial charge in [0.05, 0.1) is 5.75 Å². The Morgan fingerprint density at radius 3 is 2.75 bits per heavy atom. The highest BCUT2D eigenvalue weighted by atomic mass is 32.2. The number of carbonyl (C=O) groups excluding carboxylic acids is 1. The molecule has 0 spiro atoms. The van der Waals surface area contributed by atoms with Crippen molar-refractivity contribution in [2.24, 2.45) is 0 Å². The molecule has 0 atom stereocenters. The molecule has 1 aromatic carbocycles. The lowest BCUT2D eigenvalue weighted by Crippen LogP contribution is -2.25. The molecule has 0 radical (unpaired) electrons. The Balaban J connectivity index is 2.45. The van der Waals surface area contributed by atoms with E-state index in [0.717, 1.165) is 13.0 Å². The van der Waals surface area contributed by atoms with Gasteiger partial charge in [0.25, 0.3) is 0 Å². The van der Waals surface area contributed by atoms with Crippen molar-refractivity contribution in [3.63, 3.8) is 0 Å². The highest BCUT2D eigenvalue weighted by Crippen LogP contribution is 2.22. The van der Waals surface area contributed by atoms with E-state index in [9.17, 15) is 4.79 Å². The van der Waals surface area contributed by atoms with E-state index in [2.05, 4.69) is 44.3 Å². The first-order valence-corrected chi connectivity index (χ1v) is 6.58. The Labute approximate surface area is 102 Å². The number of rotatable bonds is 5. The zero-order chi connectivity index (χ0) is 12.0. The molecule has 0 aliphatic carbocycles. The number of nitrogens with one attached hydrogen (secondary N) is 1. The number of thioether (sulfide) groups is 1. The lowest BCUT2D eigenvalue weighted by molar-refractivity contribution is -0.118. The molecule has 1 aromatic rings. The van der Waals surface area contributed by atoms with E-state index in [1.54, 1.807) is 11.8 Å². The topological polar surface area (TPSA) is 29.1 Å². The number of aryl methyl sites for hydroxylation is 2. The molecular weight excluding hydrogens is 218 g/mol. The average molecular weight is 237 g/mol. The van der Waals surface area contributed by atoms with E-state index in [1.807, 2.05) is 0 Å². The zero-order valence-electron chi connectivity index (χ0n) is 10.2. The van der Waals surface area contributed by atoms with E-state index in [0.29, 0.717) is 5.75 Å². The molecule has 0 fully saturated rings. The van der Waals surface area contributed by atoms with Crippen LogP contribution in [0.15, 0.2) is 23.1 Å². The number of amides is 1. The molecule has 1 rings (SSSR count). The highest BCUT2D eigenvalue weighted by Gasteiger charge is 2.03. The number of benzene rings is 1. The van der Waals surface area contributed by atoms with Crippen molar-refractivity contribution in [2.45, 2.75) is 32.1 Å². The molecule has 3 heteroatoms. The van der Waals surface area contributed by atoms with Gasteiger partial charge in [0.2, 0.25) is 5.91 Å². The van der Waals surface area contributed by atoms with Gasteiger partial charge in [-0.05, 0) is 31.9 Å². The lowest BCUT2D eigenvalue weighted by Gasteiger charge is -2.06. The summed E-state index contributed by atoms with van der Waals surface area (Å²) in [6, 6.07) is 6.31. The van der Waals surface area contributed by atoms with Crippen molar-refractivity contribution < 1.29 is 4.79 Å². The van der Waals surface area contributed by atoms with Crippen LogP contribution in [0, 0.1) is 13.8 Å². The van der Waals surface area contributed by atoms with Crippen LogP contribution in [-0.4, -0.2) is 18.2 Å². The third-order valence-corrected chi connectivity index (χ3v) is 3.44. The fourth-order valence-corrected chi connectivity index (χ4v) is 2.26. The normalized spacial score (nSPS) is 10.2. The summed E-state index contributed by atoms with van der Waals surface area (Å²) in [5.74, 6) is 0.621. The Kier molecular flexibility index (Phi) is 5.39. The predicted molar refractivity (Wildman–Crippen MR) is 69.9 cm³/mol. The highest BCUT2D eigenvalue weighted by molar-refractivity contribution is 8.00. The Morgan fingerprint density at radius 2 is 2.12 bits per heavy atom. The second-order valence-electron chi connectivity index (χ2n) is 3.91. The largest absolute Gasteiger partial charge is 0.355 e. The standard InChI is InChI=1S/C13H19NOS/c1-4-7-14-13(15)9-16-12-6-5-10(2)8-11(12)3/h5-6,8H,4,7,9H2,1-3H3,(H,14,15). The molecule has 0 saturated heterocycles. The van der Waals surface area contributed by atoms with Crippen molar-refractivity contribution in [1.29, 1.82) is 0 Å². The first-order chi connectivity index (χ1) is 7.63. The van der Waals surface area contributed by atoms with Crippen LogP contribution in [0.3, 0.4) is 0 Å². The van der Waals surface area contributed by atoms with E-state index in [-0.39, 0.29) is 5.91 Å². The molecule has 0 unspecified atom stereocenters. The Hall–Kier alpha value is -0.960. The third kappa shape index (κ3) is 4.27. The van der Waals surface area contributed by atoms with E-state index >= 15 is 0 Å². The number of hydrogen-bond acceptors (Lipinski definition) is 2. The fraction of sp³-hybridized carbons (Fsp3) is 0.462. The van der Waals surface area contributed by atoms with Gasteiger partial charge in [-0.1, -0.05) is 24.6 Å². The molecule has 2 nitrogen and oxygen atoms in total. The number of carbonyl (C=O) groups is 1. The van der Waals surface area contributed by atoms with Gasteiger partial charge in [-0.15, -0.1) is 11.8 Å². The maximum absolute atomic E-state index is 11.4. The Bertz CT molecular complexity index is 363. The lowest BCUT2D eigenvalue weighted by atomic mass is 10.2. The van der Waals surface area contributed by atoms with Gasteiger partial charge in [0.15, 0.2) is 0 Å². The maximum Gasteiger partial charge on any atom is 0.230 e. The molecule has 1 N–H and O–H groups in total. The molecule has 0 bridgehead atoms. The van der Waals surface area contributed by atoms with Crippen molar-refractivity contribution in [3.8, 4) is 0 Å². The summed E-state index contributed by atoms with van der Waals surface area (Å²) in [6.45, 7) is 6.98. The minimum Gasteiger partial charge on any atom is -0.355 e. The molecule has 0 aliphatic rings. The smallest absolute Gasteiger partial charge is 0.230 e. The van der Waals surface area contributed by atoms with Crippen molar-refractivity contribution in [1.82, 2.24) is 5.32 Å². The molecule has 0 heterocycles. The van der Waals surface area contributed by atoms with Crippen LogP contribution < -0.4 is 5.32 Å². The summed E-state index contributed by atoms with van der Waals surface area (Å²) in [5.41, 5.74) is 2.51. The van der Waals surface area contributed by atoms with E-state index in [4.69, 9.17) is 0 Å². The molecule has 0 aliphatic heterocycles. The average Bonchev–Trinajstić information content (AvgIpc) is 2.25. The summed E-state index contributed by atoms with van der Waals surface area (Å²) in [5, 5.41) is 2.87. The quantitative estimate of drug-likeness (QED) is 0.798. The summed E-state index contributed by atoms with van der Waals surface area (Å²) in [4.78, 5) is 12.6. The van der Waals surface area contributed by atoms with Gasteiger partial charge < -0.3 is 5.32 Å². The SMILES string of the molecule is CCCNC(=O)CSc1ccc(C)cc1C. The molecule has 1 amide bonds. The van der Waals surface area contributed by atoms with Crippen LogP contribution >= 0.6 is 11.8 Å². The van der Waals surface area contributed by atoms with Gasteiger partial charge in [0.1, 0.15) is 0 Å². The number of hydrogen-bond donors (Lipinski definition) is 1. The van der Waals surface area contributed by atoms with Crippen LogP contribution in [0.25, 0.3) is 0 Å². The van der Waals surface area contributed by atoms with Crippen molar-refractivity contribution in [2.75, 3.05) is 12.3 Å². The van der Waals surface area contributed by atoms with Gasteiger partial charge in [-0.2, -0.15) is 0 Å². The summed E-state index contributed by atoms with van der Waals surface area (Å²) < 4.78 is 0. The first kappa shape index (κ1) is 13.1. The van der Waals surface area contributed by atoms with Crippen LogP contribution in [-0.2, 0) is 4.79 Å². The monoisotopic (exact) mass is 237 g/mol. The second-order valence-corrected chi connectivity index (χ2v) is 4.92. The minimum atomic E-state index is 0.117. The minimum absolute atomic E-state index is 0.117. The van der Waals surface area contributed by atoms with Crippen LogP contribution in [0.4, 0.5) is 0 Å². The Morgan fingerprint density at radius 1 is 1.38 bits per heavy atom. The maximum atomic E-state index is 11.4. The van der Waals surface area contributed by atoms with Crippen molar-refractivity contribution >= 4 is 17.7 Å². The molecule has 88 valence electrons. The second kappa shape index (κ2) is 6.59. The molecule has 0 saturated carbocycles. The van der Waals surface area contributed by atoms with Gasteiger partial charge in [-0.25, -0.2) is 0 Å². The molecule has 0 aromatic heterocycles. The van der Waals surface area contributed by atoms with Crippen molar-refractivity contribution in [3.05, 3.63) is 29.3 Å². The molecular formula is C13H19NOS.